The topological polar surface area (TPSA) is 49.4 Å². The summed E-state index contributed by atoms with van der Waals surface area (Å²) in [5.74, 6) is -0.896. The summed E-state index contributed by atoms with van der Waals surface area (Å²) >= 11 is 0. The van der Waals surface area contributed by atoms with E-state index in [9.17, 15) is 9.59 Å². The molecule has 0 bridgehead atoms. The zero-order chi connectivity index (χ0) is 13.8. The van der Waals surface area contributed by atoms with Crippen molar-refractivity contribution in [3.63, 3.8) is 0 Å². The van der Waals surface area contributed by atoms with Crippen LogP contribution in [0.1, 0.15) is 12.0 Å². The standard InChI is InChI=1S/C15H18N2O2/c1-3-8-16-14(18)13-7-9-17(15(13)19)12-6-4-5-11(2)10-12/h3-6,10,13H,1,7-9H2,2H3,(H,16,18). The van der Waals surface area contributed by atoms with Gasteiger partial charge in [0.25, 0.3) is 0 Å². The van der Waals surface area contributed by atoms with Gasteiger partial charge in [-0.3, -0.25) is 9.59 Å². The Hall–Kier alpha value is -2.10. The average molecular weight is 258 g/mol. The van der Waals surface area contributed by atoms with E-state index in [4.69, 9.17) is 0 Å². The fourth-order valence-corrected chi connectivity index (χ4v) is 2.27. The highest BCUT2D eigenvalue weighted by molar-refractivity contribution is 6.09. The van der Waals surface area contributed by atoms with Gasteiger partial charge in [-0.1, -0.05) is 18.2 Å². The first-order chi connectivity index (χ1) is 9.13. The van der Waals surface area contributed by atoms with Crippen molar-refractivity contribution in [1.29, 1.82) is 0 Å². The molecule has 1 heterocycles. The van der Waals surface area contributed by atoms with Crippen molar-refractivity contribution in [3.8, 4) is 0 Å². The van der Waals surface area contributed by atoms with Crippen molar-refractivity contribution in [3.05, 3.63) is 42.5 Å². The first-order valence-electron chi connectivity index (χ1n) is 6.40. The van der Waals surface area contributed by atoms with Crippen LogP contribution >= 0.6 is 0 Å². The van der Waals surface area contributed by atoms with Crippen LogP contribution in [0.15, 0.2) is 36.9 Å². The fourth-order valence-electron chi connectivity index (χ4n) is 2.27. The van der Waals surface area contributed by atoms with Gasteiger partial charge in [-0.2, -0.15) is 0 Å². The van der Waals surface area contributed by atoms with Gasteiger partial charge in [0, 0.05) is 18.8 Å². The molecule has 1 unspecified atom stereocenters. The highest BCUT2D eigenvalue weighted by Crippen LogP contribution is 2.25. The Morgan fingerprint density at radius 3 is 3.05 bits per heavy atom. The molecule has 0 aliphatic carbocycles. The first kappa shape index (κ1) is 13.3. The minimum absolute atomic E-state index is 0.118. The van der Waals surface area contributed by atoms with Gasteiger partial charge >= 0.3 is 0 Å². The molecule has 1 fully saturated rings. The first-order valence-corrected chi connectivity index (χ1v) is 6.40. The number of amides is 2. The molecule has 1 aromatic carbocycles. The highest BCUT2D eigenvalue weighted by Gasteiger charge is 2.37. The van der Waals surface area contributed by atoms with E-state index in [-0.39, 0.29) is 11.8 Å². The molecule has 1 N–H and O–H groups in total. The number of aryl methyl sites for hydroxylation is 1. The van der Waals surface area contributed by atoms with E-state index in [2.05, 4.69) is 11.9 Å². The Kier molecular flexibility index (Phi) is 4.00. The maximum absolute atomic E-state index is 12.3. The fraction of sp³-hybridized carbons (Fsp3) is 0.333. The molecule has 1 aliphatic rings. The molecule has 1 saturated heterocycles. The second kappa shape index (κ2) is 5.69. The second-order valence-corrected chi connectivity index (χ2v) is 4.70. The molecular formula is C15H18N2O2. The molecule has 1 aromatic rings. The summed E-state index contributed by atoms with van der Waals surface area (Å²) < 4.78 is 0. The summed E-state index contributed by atoms with van der Waals surface area (Å²) in [7, 11) is 0. The van der Waals surface area contributed by atoms with E-state index in [1.807, 2.05) is 31.2 Å². The summed E-state index contributed by atoms with van der Waals surface area (Å²) in [5, 5.41) is 2.68. The van der Waals surface area contributed by atoms with Crippen LogP contribution in [0.25, 0.3) is 0 Å². The van der Waals surface area contributed by atoms with Crippen LogP contribution in [0.2, 0.25) is 0 Å². The van der Waals surface area contributed by atoms with Crippen LogP contribution in [0.5, 0.6) is 0 Å². The van der Waals surface area contributed by atoms with Gasteiger partial charge < -0.3 is 10.2 Å². The minimum atomic E-state index is -0.569. The Morgan fingerprint density at radius 1 is 1.58 bits per heavy atom. The summed E-state index contributed by atoms with van der Waals surface area (Å²) in [6, 6.07) is 7.76. The number of nitrogens with zero attached hydrogens (tertiary/aromatic N) is 1. The van der Waals surface area contributed by atoms with Crippen molar-refractivity contribution >= 4 is 17.5 Å². The number of carbonyl (C=O) groups is 2. The van der Waals surface area contributed by atoms with Gasteiger partial charge in [-0.15, -0.1) is 6.58 Å². The van der Waals surface area contributed by atoms with Gasteiger partial charge in [0.15, 0.2) is 0 Å². The molecular weight excluding hydrogens is 240 g/mol. The molecule has 100 valence electrons. The van der Waals surface area contributed by atoms with Crippen LogP contribution < -0.4 is 10.2 Å². The van der Waals surface area contributed by atoms with Gasteiger partial charge in [0.1, 0.15) is 5.92 Å². The lowest BCUT2D eigenvalue weighted by molar-refractivity contribution is -0.131. The SMILES string of the molecule is C=CCNC(=O)C1CCN(c2cccc(C)c2)C1=O. The van der Waals surface area contributed by atoms with Crippen LogP contribution in [0.3, 0.4) is 0 Å². The van der Waals surface area contributed by atoms with E-state index in [0.717, 1.165) is 11.3 Å². The van der Waals surface area contributed by atoms with E-state index >= 15 is 0 Å². The minimum Gasteiger partial charge on any atom is -0.352 e. The molecule has 0 aromatic heterocycles. The summed E-state index contributed by atoms with van der Waals surface area (Å²) in [5.41, 5.74) is 1.97. The Bertz CT molecular complexity index is 511. The quantitative estimate of drug-likeness (QED) is 0.659. The monoisotopic (exact) mass is 258 g/mol. The maximum atomic E-state index is 12.3. The summed E-state index contributed by atoms with van der Waals surface area (Å²) in [4.78, 5) is 25.8. The van der Waals surface area contributed by atoms with Crippen LogP contribution in [-0.4, -0.2) is 24.9 Å². The number of nitrogens with one attached hydrogen (secondary N) is 1. The number of carbonyl (C=O) groups excluding carboxylic acids is 2. The third-order valence-corrected chi connectivity index (χ3v) is 3.26. The van der Waals surface area contributed by atoms with Crippen LogP contribution in [-0.2, 0) is 9.59 Å². The Balaban J connectivity index is 2.09. The van der Waals surface area contributed by atoms with Crippen molar-refractivity contribution < 1.29 is 9.59 Å². The Labute approximate surface area is 113 Å². The second-order valence-electron chi connectivity index (χ2n) is 4.70. The molecule has 0 spiro atoms. The van der Waals surface area contributed by atoms with Gasteiger partial charge in [-0.05, 0) is 31.0 Å². The highest BCUT2D eigenvalue weighted by atomic mass is 16.2. The van der Waals surface area contributed by atoms with Gasteiger partial charge in [0.2, 0.25) is 11.8 Å². The maximum Gasteiger partial charge on any atom is 0.239 e. The number of anilines is 1. The van der Waals surface area contributed by atoms with E-state index in [0.29, 0.717) is 19.5 Å². The molecule has 2 amide bonds. The summed E-state index contributed by atoms with van der Waals surface area (Å²) in [6.07, 6.45) is 2.17. The zero-order valence-corrected chi connectivity index (χ0v) is 11.1. The number of hydrogen-bond donors (Lipinski definition) is 1. The normalized spacial score (nSPS) is 18.5. The van der Waals surface area contributed by atoms with E-state index < -0.39 is 5.92 Å². The van der Waals surface area contributed by atoms with Crippen molar-refractivity contribution in [1.82, 2.24) is 5.32 Å². The predicted octanol–water partition coefficient (Wildman–Crippen LogP) is 1.65. The van der Waals surface area contributed by atoms with Crippen LogP contribution in [0, 0.1) is 12.8 Å². The molecule has 0 radical (unpaired) electrons. The zero-order valence-electron chi connectivity index (χ0n) is 11.1. The summed E-state index contributed by atoms with van der Waals surface area (Å²) in [6.45, 7) is 6.51. The number of hydrogen-bond acceptors (Lipinski definition) is 2. The lowest BCUT2D eigenvalue weighted by Gasteiger charge is -2.17. The molecule has 4 heteroatoms. The van der Waals surface area contributed by atoms with Gasteiger partial charge in [-0.25, -0.2) is 0 Å². The smallest absolute Gasteiger partial charge is 0.239 e. The number of rotatable bonds is 4. The molecule has 1 atom stereocenters. The third kappa shape index (κ3) is 2.84. The predicted molar refractivity (Wildman–Crippen MR) is 74.8 cm³/mol. The third-order valence-electron chi connectivity index (χ3n) is 3.26. The number of benzene rings is 1. The van der Waals surface area contributed by atoms with E-state index in [1.165, 1.54) is 0 Å². The largest absolute Gasteiger partial charge is 0.352 e. The molecule has 2 rings (SSSR count). The van der Waals surface area contributed by atoms with Crippen molar-refractivity contribution in [2.45, 2.75) is 13.3 Å². The lowest BCUT2D eigenvalue weighted by atomic mass is 10.1. The van der Waals surface area contributed by atoms with E-state index in [1.54, 1.807) is 11.0 Å². The van der Waals surface area contributed by atoms with Crippen molar-refractivity contribution in [2.75, 3.05) is 18.0 Å². The average Bonchev–Trinajstić information content (AvgIpc) is 2.78. The molecule has 4 nitrogen and oxygen atoms in total. The Morgan fingerprint density at radius 2 is 2.37 bits per heavy atom. The van der Waals surface area contributed by atoms with Crippen LogP contribution in [0.4, 0.5) is 5.69 Å². The molecule has 1 aliphatic heterocycles. The lowest BCUT2D eigenvalue weighted by Crippen LogP contribution is -2.36. The van der Waals surface area contributed by atoms with Gasteiger partial charge in [0.05, 0.1) is 0 Å². The molecule has 19 heavy (non-hydrogen) atoms. The molecule has 0 saturated carbocycles. The van der Waals surface area contributed by atoms with Crippen molar-refractivity contribution in [2.24, 2.45) is 5.92 Å².